The summed E-state index contributed by atoms with van der Waals surface area (Å²) >= 11 is 0. The zero-order valence-corrected chi connectivity index (χ0v) is 18.9. The van der Waals surface area contributed by atoms with Crippen molar-refractivity contribution in [3.05, 3.63) is 71.8 Å². The third-order valence-electron chi connectivity index (χ3n) is 7.07. The van der Waals surface area contributed by atoms with Crippen LogP contribution in [-0.4, -0.2) is 46.7 Å². The Morgan fingerprint density at radius 2 is 1.58 bits per heavy atom. The summed E-state index contributed by atoms with van der Waals surface area (Å²) in [5, 5.41) is 0. The molecule has 1 amide bonds. The van der Waals surface area contributed by atoms with E-state index in [9.17, 15) is 4.79 Å². The van der Waals surface area contributed by atoms with Gasteiger partial charge in [-0.1, -0.05) is 60.7 Å². The van der Waals surface area contributed by atoms with Crippen LogP contribution >= 0.6 is 0 Å². The van der Waals surface area contributed by atoms with Crippen LogP contribution in [0.25, 0.3) is 0 Å². The fourth-order valence-corrected chi connectivity index (χ4v) is 5.72. The quantitative estimate of drug-likeness (QED) is 0.660. The van der Waals surface area contributed by atoms with Crippen molar-refractivity contribution in [1.82, 2.24) is 9.80 Å². The maximum atomic E-state index is 13.3. The summed E-state index contributed by atoms with van der Waals surface area (Å²) in [5.74, 6) is 1.54. The summed E-state index contributed by atoms with van der Waals surface area (Å²) in [6.07, 6.45) is 2.16. The van der Waals surface area contributed by atoms with Gasteiger partial charge in [0.1, 0.15) is 5.60 Å². The molecule has 2 heterocycles. The van der Waals surface area contributed by atoms with E-state index in [0.717, 1.165) is 26.1 Å². The number of benzene rings is 2. The van der Waals surface area contributed by atoms with Crippen molar-refractivity contribution in [2.24, 2.45) is 11.8 Å². The first-order chi connectivity index (χ1) is 14.9. The van der Waals surface area contributed by atoms with Gasteiger partial charge >= 0.3 is 6.09 Å². The van der Waals surface area contributed by atoms with E-state index in [1.54, 1.807) is 0 Å². The summed E-state index contributed by atoms with van der Waals surface area (Å²) in [6, 6.07) is 22.0. The number of piperidine rings is 2. The Hall–Kier alpha value is -2.33. The predicted molar refractivity (Wildman–Crippen MR) is 123 cm³/mol. The molecule has 2 unspecified atom stereocenters. The maximum absolute atomic E-state index is 13.3. The van der Waals surface area contributed by atoms with Gasteiger partial charge in [-0.25, -0.2) is 4.79 Å². The van der Waals surface area contributed by atoms with Gasteiger partial charge in [0.25, 0.3) is 0 Å². The molecular weight excluding hydrogens is 384 g/mol. The van der Waals surface area contributed by atoms with Crippen molar-refractivity contribution in [3.63, 3.8) is 0 Å². The van der Waals surface area contributed by atoms with E-state index in [1.165, 1.54) is 17.5 Å². The first-order valence-electron chi connectivity index (χ1n) is 11.7. The molecular formula is C27H34N2O2. The summed E-state index contributed by atoms with van der Waals surface area (Å²) < 4.78 is 5.90. The van der Waals surface area contributed by atoms with Gasteiger partial charge < -0.3 is 9.64 Å². The maximum Gasteiger partial charge on any atom is 0.410 e. The van der Waals surface area contributed by atoms with E-state index in [-0.39, 0.29) is 12.1 Å². The molecule has 2 aliphatic carbocycles. The first kappa shape index (κ1) is 20.6. The lowest BCUT2D eigenvalue weighted by Crippen LogP contribution is -2.66. The van der Waals surface area contributed by atoms with Crippen LogP contribution in [0.3, 0.4) is 0 Å². The van der Waals surface area contributed by atoms with Crippen molar-refractivity contribution in [3.8, 4) is 0 Å². The lowest BCUT2D eigenvalue weighted by atomic mass is 9.65. The van der Waals surface area contributed by atoms with Crippen molar-refractivity contribution in [2.45, 2.75) is 63.8 Å². The molecule has 6 rings (SSSR count). The lowest BCUT2D eigenvalue weighted by molar-refractivity contribution is -0.0851. The molecule has 0 aromatic heterocycles. The number of rotatable bonds is 5. The Kier molecular flexibility index (Phi) is 5.29. The Balaban J connectivity index is 1.31. The molecule has 4 fully saturated rings. The average molecular weight is 419 g/mol. The van der Waals surface area contributed by atoms with Crippen molar-refractivity contribution < 1.29 is 9.53 Å². The fourth-order valence-electron chi connectivity index (χ4n) is 5.72. The largest absolute Gasteiger partial charge is 0.444 e. The van der Waals surface area contributed by atoms with Crippen LogP contribution in [0.15, 0.2) is 60.7 Å². The highest BCUT2D eigenvalue weighted by Gasteiger charge is 2.57. The molecule has 0 radical (unpaired) electrons. The molecule has 2 bridgehead atoms. The minimum Gasteiger partial charge on any atom is -0.444 e. The zero-order chi connectivity index (χ0) is 21.6. The van der Waals surface area contributed by atoms with Gasteiger partial charge in [0.05, 0.1) is 0 Å². The first-order valence-corrected chi connectivity index (χ1v) is 11.7. The summed E-state index contributed by atoms with van der Waals surface area (Å²) in [4.78, 5) is 18.1. The van der Waals surface area contributed by atoms with Crippen LogP contribution in [0.4, 0.5) is 4.79 Å². The normalized spacial score (nSPS) is 29.7. The van der Waals surface area contributed by atoms with Crippen molar-refractivity contribution >= 4 is 6.09 Å². The molecule has 2 aliphatic heterocycles. The van der Waals surface area contributed by atoms with E-state index < -0.39 is 5.60 Å². The molecule has 4 aliphatic rings. The summed E-state index contributed by atoms with van der Waals surface area (Å²) in [6.45, 7) is 9.04. The topological polar surface area (TPSA) is 32.8 Å². The minimum atomic E-state index is -0.468. The second-order valence-electron chi connectivity index (χ2n) is 10.6. The number of amides is 1. The Morgan fingerprint density at radius 1 is 0.968 bits per heavy atom. The van der Waals surface area contributed by atoms with Crippen LogP contribution in [0.2, 0.25) is 0 Å². The van der Waals surface area contributed by atoms with Crippen molar-refractivity contribution in [1.29, 1.82) is 0 Å². The van der Waals surface area contributed by atoms with Gasteiger partial charge in [-0.05, 0) is 56.6 Å². The Morgan fingerprint density at radius 3 is 2.19 bits per heavy atom. The Labute approximate surface area is 186 Å². The molecule has 2 saturated heterocycles. The number of carbonyl (C=O) groups excluding carboxylic acids is 1. The number of hydrogen-bond donors (Lipinski definition) is 0. The lowest BCUT2D eigenvalue weighted by Gasteiger charge is -2.57. The molecule has 5 atom stereocenters. The summed E-state index contributed by atoms with van der Waals surface area (Å²) in [5.41, 5.74) is 2.25. The number of ether oxygens (including phenoxy) is 1. The molecule has 164 valence electrons. The number of fused-ring (bicyclic) bond motifs is 2. The average Bonchev–Trinajstić information content (AvgIpc) is 3.52. The predicted octanol–water partition coefficient (Wildman–Crippen LogP) is 5.30. The van der Waals surface area contributed by atoms with Crippen LogP contribution in [0.5, 0.6) is 0 Å². The van der Waals surface area contributed by atoms with Gasteiger partial charge in [0.2, 0.25) is 0 Å². The van der Waals surface area contributed by atoms with Crippen LogP contribution in [0, 0.1) is 11.8 Å². The van der Waals surface area contributed by atoms with Gasteiger partial charge in [0, 0.05) is 37.6 Å². The van der Waals surface area contributed by atoms with E-state index in [4.69, 9.17) is 4.74 Å². The van der Waals surface area contributed by atoms with Gasteiger partial charge in [-0.3, -0.25) is 4.90 Å². The van der Waals surface area contributed by atoms with Crippen LogP contribution in [-0.2, 0) is 11.3 Å². The third kappa shape index (κ3) is 4.36. The van der Waals surface area contributed by atoms with Crippen LogP contribution < -0.4 is 0 Å². The highest BCUT2D eigenvalue weighted by Crippen LogP contribution is 2.52. The molecule has 2 aromatic carbocycles. The molecule has 4 nitrogen and oxygen atoms in total. The molecule has 0 spiro atoms. The molecule has 2 saturated carbocycles. The van der Waals surface area contributed by atoms with E-state index in [2.05, 4.69) is 70.5 Å². The summed E-state index contributed by atoms with van der Waals surface area (Å²) in [7, 11) is 0. The zero-order valence-electron chi connectivity index (χ0n) is 18.9. The SMILES string of the molecule is CC(C)(C)OC(=O)N(C1[C@@H]2C[C@H]1CN(Cc1ccccc1)C2)[C@@H]1CC1c1ccccc1. The smallest absolute Gasteiger partial charge is 0.410 e. The second kappa shape index (κ2) is 7.98. The highest BCUT2D eigenvalue weighted by molar-refractivity contribution is 5.70. The van der Waals surface area contributed by atoms with Crippen molar-refractivity contribution in [2.75, 3.05) is 13.1 Å². The monoisotopic (exact) mass is 418 g/mol. The van der Waals surface area contributed by atoms with Gasteiger partial charge in [-0.15, -0.1) is 0 Å². The number of hydrogen-bond acceptors (Lipinski definition) is 3. The van der Waals surface area contributed by atoms with Gasteiger partial charge in [-0.2, -0.15) is 0 Å². The highest BCUT2D eigenvalue weighted by atomic mass is 16.6. The molecule has 2 aromatic rings. The molecule has 0 N–H and O–H groups in total. The van der Waals surface area contributed by atoms with E-state index in [0.29, 0.717) is 23.8 Å². The molecule has 4 heteroatoms. The standard InChI is InChI=1S/C27H34N2O2/c1-27(2,3)31-26(30)29(24-15-23(24)20-12-8-5-9-13-20)25-21-14-22(25)18-28(17-21)16-19-10-6-4-7-11-19/h4-13,21-25H,14-18H2,1-3H3/t21-,22+,23?,24-,25?/m1/s1. The third-order valence-corrected chi connectivity index (χ3v) is 7.07. The fraction of sp³-hybridized carbons (Fsp3) is 0.519. The van der Waals surface area contributed by atoms with Gasteiger partial charge in [0.15, 0.2) is 0 Å². The second-order valence-corrected chi connectivity index (χ2v) is 10.6. The van der Waals surface area contributed by atoms with E-state index >= 15 is 0 Å². The number of nitrogens with zero attached hydrogens (tertiary/aromatic N) is 2. The number of carbonyl (C=O) groups is 1. The van der Waals surface area contributed by atoms with Crippen LogP contribution in [0.1, 0.15) is 50.7 Å². The van der Waals surface area contributed by atoms with E-state index in [1.807, 2.05) is 20.8 Å². The molecule has 31 heavy (non-hydrogen) atoms. The minimum absolute atomic E-state index is 0.118. The Bertz CT molecular complexity index is 896.